The monoisotopic (exact) mass is 459 g/mol. The van der Waals surface area contributed by atoms with E-state index in [-0.39, 0.29) is 29.7 Å². The van der Waals surface area contributed by atoms with Gasteiger partial charge in [0.1, 0.15) is 11.6 Å². The number of nitrogens with zero attached hydrogens (tertiary/aromatic N) is 3. The fourth-order valence-electron chi connectivity index (χ4n) is 4.53. The molecule has 3 atom stereocenters. The van der Waals surface area contributed by atoms with Crippen LogP contribution in [0.15, 0.2) is 47.5 Å². The van der Waals surface area contributed by atoms with Gasteiger partial charge in [-0.1, -0.05) is 12.1 Å². The molecule has 0 radical (unpaired) electrons. The predicted octanol–water partition coefficient (Wildman–Crippen LogP) is 3.08. The Balaban J connectivity index is 0.00000150. The lowest BCUT2D eigenvalue weighted by Gasteiger charge is -2.27. The average molecular weight is 460 g/mol. The van der Waals surface area contributed by atoms with Crippen LogP contribution in [0.4, 0.5) is 5.82 Å². The largest absolute Gasteiger partial charge is 0.497 e. The molecule has 0 unspecified atom stereocenters. The van der Waals surface area contributed by atoms with E-state index in [4.69, 9.17) is 4.74 Å². The number of halogens is 2. The first kappa shape index (κ1) is 23.7. The van der Waals surface area contributed by atoms with Crippen molar-refractivity contribution in [3.05, 3.63) is 48.2 Å². The minimum absolute atomic E-state index is 0. The van der Waals surface area contributed by atoms with E-state index in [0.29, 0.717) is 17.9 Å². The summed E-state index contributed by atoms with van der Waals surface area (Å²) in [5.74, 6) is 2.84. The first-order valence-electron chi connectivity index (χ1n) is 9.12. The third-order valence-corrected chi connectivity index (χ3v) is 6.92. The number of fused-ring (bicyclic) bond motifs is 1. The third-order valence-electron chi connectivity index (χ3n) is 5.82. The summed E-state index contributed by atoms with van der Waals surface area (Å²) in [4.78, 5) is 9.40. The van der Waals surface area contributed by atoms with Gasteiger partial charge < -0.3 is 9.64 Å². The van der Waals surface area contributed by atoms with E-state index in [1.165, 1.54) is 18.0 Å². The minimum Gasteiger partial charge on any atom is -0.497 e. The highest BCUT2D eigenvalue weighted by Gasteiger charge is 2.46. The number of pyridine rings is 1. The Bertz CT molecular complexity index is 923. The zero-order chi connectivity index (χ0) is 19.2. The lowest BCUT2D eigenvalue weighted by atomic mass is 9.89. The van der Waals surface area contributed by atoms with Crippen LogP contribution >= 0.6 is 24.8 Å². The number of methoxy groups -OCH3 is 1. The maximum absolute atomic E-state index is 11.6. The molecule has 2 aromatic rings. The molecule has 1 aromatic carbocycles. The topological polar surface area (TPSA) is 62.7 Å². The molecule has 1 aromatic heterocycles. The molecule has 2 fully saturated rings. The Hall–Kier alpha value is -1.54. The molecule has 0 bridgehead atoms. The van der Waals surface area contributed by atoms with Crippen LogP contribution in [-0.4, -0.2) is 58.3 Å². The van der Waals surface area contributed by atoms with Crippen molar-refractivity contribution in [1.82, 2.24) is 9.88 Å². The highest BCUT2D eigenvalue weighted by molar-refractivity contribution is 7.90. The van der Waals surface area contributed by atoms with Crippen LogP contribution in [0.3, 0.4) is 0 Å². The molecule has 2 aliphatic heterocycles. The van der Waals surface area contributed by atoms with Gasteiger partial charge in [-0.15, -0.1) is 24.8 Å². The number of benzene rings is 1. The number of rotatable bonds is 4. The number of ether oxygens (including phenoxy) is 1. The Labute approximate surface area is 185 Å². The second kappa shape index (κ2) is 9.08. The van der Waals surface area contributed by atoms with Gasteiger partial charge in [0.25, 0.3) is 0 Å². The first-order chi connectivity index (χ1) is 12.9. The van der Waals surface area contributed by atoms with Crippen molar-refractivity contribution in [2.75, 3.05) is 44.9 Å². The Morgan fingerprint density at radius 3 is 2.28 bits per heavy atom. The molecule has 3 heterocycles. The number of sulfone groups is 1. The van der Waals surface area contributed by atoms with Crippen LogP contribution in [0.1, 0.15) is 11.6 Å². The van der Waals surface area contributed by atoms with Gasteiger partial charge in [0.05, 0.1) is 12.0 Å². The van der Waals surface area contributed by atoms with E-state index in [1.807, 2.05) is 18.2 Å². The highest BCUT2D eigenvalue weighted by Crippen LogP contribution is 2.45. The van der Waals surface area contributed by atoms with Crippen molar-refractivity contribution in [3.8, 4) is 5.75 Å². The molecule has 2 saturated heterocycles. The summed E-state index contributed by atoms with van der Waals surface area (Å²) >= 11 is 0. The minimum atomic E-state index is -3.21. The third kappa shape index (κ3) is 4.63. The van der Waals surface area contributed by atoms with E-state index in [2.05, 4.69) is 34.0 Å². The van der Waals surface area contributed by atoms with Crippen LogP contribution in [0.2, 0.25) is 0 Å². The van der Waals surface area contributed by atoms with Crippen LogP contribution in [0.5, 0.6) is 5.75 Å². The number of aromatic nitrogens is 1. The van der Waals surface area contributed by atoms with Gasteiger partial charge in [0.2, 0.25) is 0 Å². The molecule has 0 aliphatic carbocycles. The molecule has 160 valence electrons. The van der Waals surface area contributed by atoms with Gasteiger partial charge in [-0.05, 0) is 42.8 Å². The summed E-state index contributed by atoms with van der Waals surface area (Å²) in [6.07, 6.45) is 2.67. The van der Waals surface area contributed by atoms with Gasteiger partial charge in [-0.2, -0.15) is 0 Å². The Kier molecular flexibility index (Phi) is 7.43. The zero-order valence-corrected chi connectivity index (χ0v) is 19.1. The summed E-state index contributed by atoms with van der Waals surface area (Å²) in [6, 6.07) is 12.2. The summed E-state index contributed by atoms with van der Waals surface area (Å²) in [5.41, 5.74) is 1.31. The Morgan fingerprint density at radius 1 is 1.03 bits per heavy atom. The van der Waals surface area contributed by atoms with Gasteiger partial charge in [0, 0.05) is 44.0 Å². The van der Waals surface area contributed by atoms with Crippen LogP contribution in [0, 0.1) is 11.8 Å². The van der Waals surface area contributed by atoms with E-state index in [9.17, 15) is 8.42 Å². The van der Waals surface area contributed by atoms with E-state index in [0.717, 1.165) is 31.2 Å². The maximum Gasteiger partial charge on any atom is 0.177 e. The molecule has 4 rings (SSSR count). The molecule has 6 nitrogen and oxygen atoms in total. The van der Waals surface area contributed by atoms with E-state index >= 15 is 0 Å². The summed E-state index contributed by atoms with van der Waals surface area (Å²) < 4.78 is 28.6. The summed E-state index contributed by atoms with van der Waals surface area (Å²) in [6.45, 7) is 2.93. The Morgan fingerprint density at radius 2 is 1.72 bits per heavy atom. The standard InChI is InChI=1S/C20H25N3O3S.2ClH/c1-22-11-15-12-23(19-9-8-17(10-21-19)27(3,24)25)13-18(15)20(22)14-4-6-16(26-2)7-5-14;;/h4-10,15,18,20H,11-13H2,1-3H3;2*1H/t15-,18+,20-;;/m0../s1. The van der Waals surface area contributed by atoms with Crippen molar-refractivity contribution in [1.29, 1.82) is 0 Å². The number of likely N-dealkylation sites (tertiary alicyclic amines) is 1. The molecule has 29 heavy (non-hydrogen) atoms. The van der Waals surface area contributed by atoms with Gasteiger partial charge in [-0.25, -0.2) is 13.4 Å². The number of hydrogen-bond donors (Lipinski definition) is 0. The van der Waals surface area contributed by atoms with Crippen molar-refractivity contribution >= 4 is 40.5 Å². The zero-order valence-electron chi connectivity index (χ0n) is 16.7. The van der Waals surface area contributed by atoms with Crippen LogP contribution in [0.25, 0.3) is 0 Å². The van der Waals surface area contributed by atoms with Gasteiger partial charge in [-0.3, -0.25) is 4.90 Å². The fourth-order valence-corrected chi connectivity index (χ4v) is 5.09. The first-order valence-corrected chi connectivity index (χ1v) is 11.0. The SMILES string of the molecule is COc1ccc([C@H]2[C@@H]3CN(c4ccc(S(C)(=O)=O)cn4)C[C@@H]3CN2C)cc1.Cl.Cl. The van der Waals surface area contributed by atoms with Gasteiger partial charge in [0.15, 0.2) is 9.84 Å². The lowest BCUT2D eigenvalue weighted by molar-refractivity contribution is 0.279. The second-order valence-electron chi connectivity index (χ2n) is 7.61. The molecule has 0 amide bonds. The second-order valence-corrected chi connectivity index (χ2v) is 9.63. The molecular formula is C20H27Cl2N3O3S. The van der Waals surface area contributed by atoms with Crippen molar-refractivity contribution in [3.63, 3.8) is 0 Å². The van der Waals surface area contributed by atoms with Crippen molar-refractivity contribution < 1.29 is 13.2 Å². The van der Waals surface area contributed by atoms with Crippen LogP contribution in [-0.2, 0) is 9.84 Å². The quantitative estimate of drug-likeness (QED) is 0.699. The molecule has 0 N–H and O–H groups in total. The maximum atomic E-state index is 11.6. The lowest BCUT2D eigenvalue weighted by Crippen LogP contribution is -2.29. The van der Waals surface area contributed by atoms with E-state index < -0.39 is 9.84 Å². The predicted molar refractivity (Wildman–Crippen MR) is 119 cm³/mol. The molecule has 9 heteroatoms. The fraction of sp³-hybridized carbons (Fsp3) is 0.450. The average Bonchev–Trinajstić information content (AvgIpc) is 3.18. The van der Waals surface area contributed by atoms with Crippen LogP contribution < -0.4 is 9.64 Å². The highest BCUT2D eigenvalue weighted by atomic mass is 35.5. The van der Waals surface area contributed by atoms with Crippen molar-refractivity contribution in [2.45, 2.75) is 10.9 Å². The summed E-state index contributed by atoms with van der Waals surface area (Å²) in [7, 11) is 0.661. The number of hydrogen-bond acceptors (Lipinski definition) is 6. The molecule has 2 aliphatic rings. The van der Waals surface area contributed by atoms with Gasteiger partial charge >= 0.3 is 0 Å². The molecule has 0 saturated carbocycles. The molecular weight excluding hydrogens is 433 g/mol. The smallest absolute Gasteiger partial charge is 0.177 e. The number of anilines is 1. The van der Waals surface area contributed by atoms with Crippen molar-refractivity contribution in [2.24, 2.45) is 11.8 Å². The summed E-state index contributed by atoms with van der Waals surface area (Å²) in [5, 5.41) is 0. The normalized spacial score (nSPS) is 23.8. The van der Waals surface area contributed by atoms with E-state index in [1.54, 1.807) is 13.2 Å². The molecule has 0 spiro atoms.